The van der Waals surface area contributed by atoms with Gasteiger partial charge in [-0.25, -0.2) is 0 Å². The minimum atomic E-state index is -0.932. The molecule has 5 heteroatoms. The van der Waals surface area contributed by atoms with Gasteiger partial charge in [0.05, 0.1) is 0 Å². The third-order valence-electron chi connectivity index (χ3n) is 7.38. The van der Waals surface area contributed by atoms with Crippen LogP contribution in [0.2, 0.25) is 8.87 Å². The van der Waals surface area contributed by atoms with Crippen molar-refractivity contribution in [1.82, 2.24) is 0 Å². The van der Waals surface area contributed by atoms with Crippen molar-refractivity contribution in [2.24, 2.45) is 0 Å². The molecule has 0 N–H and O–H groups in total. The summed E-state index contributed by atoms with van der Waals surface area (Å²) >= 11 is 0.0377. The number of aliphatic carboxylic acids is 2. The number of carboxylic acid groups (broad SMARTS) is 2. The van der Waals surface area contributed by atoms with Crippen LogP contribution in [-0.2, 0) is 9.59 Å². The molecule has 0 atom stereocenters. The number of carbonyl (C=O) groups excluding carboxylic acids is 2. The predicted molar refractivity (Wildman–Crippen MR) is 177 cm³/mol. The topological polar surface area (TPSA) is 80.3 Å². The minimum absolute atomic E-state index is 0.0377. The third kappa shape index (κ3) is 56.2. The molecule has 0 radical (unpaired) electrons. The van der Waals surface area contributed by atoms with Crippen molar-refractivity contribution in [3.8, 4) is 0 Å². The number of carboxylic acids is 2. The average Bonchev–Trinajstić information content (AvgIpc) is 2.94. The molecule has 0 amide bonds. The molecule has 0 aromatic heterocycles. The molecular formula is C36H72O4Sn. The first-order valence-electron chi connectivity index (χ1n) is 18.1. The SMILES string of the molecule is CCCCCC(=O)[O-].CCCCCC(=O)[O-].CCCCCCCCCCC[CH2][Sn+2][CH2]CCCCCCCCCCC. The zero-order valence-electron chi connectivity index (χ0n) is 28.3. The van der Waals surface area contributed by atoms with E-state index in [4.69, 9.17) is 0 Å². The Morgan fingerprint density at radius 1 is 0.366 bits per heavy atom. The Morgan fingerprint density at radius 3 is 0.829 bits per heavy atom. The van der Waals surface area contributed by atoms with Gasteiger partial charge in [-0.15, -0.1) is 0 Å². The standard InChI is InChI=1S/2C12H25.2C6H12O2.Sn/c2*1-3-5-7-9-11-12-10-8-6-4-2;2*1-2-3-4-5-6(7)8;/h2*1,3-12H2,2H3;2*2-5H2,1H3,(H,7,8);/q;;;;+2/p-2. The van der Waals surface area contributed by atoms with Crippen molar-refractivity contribution in [1.29, 1.82) is 0 Å². The second-order valence-electron chi connectivity index (χ2n) is 11.8. The monoisotopic (exact) mass is 688 g/mol. The summed E-state index contributed by atoms with van der Waals surface area (Å²) in [6.07, 6.45) is 35.9. The van der Waals surface area contributed by atoms with E-state index in [-0.39, 0.29) is 34.0 Å². The van der Waals surface area contributed by atoms with E-state index in [1.165, 1.54) is 116 Å². The van der Waals surface area contributed by atoms with Gasteiger partial charge in [-0.05, 0) is 25.7 Å². The van der Waals surface area contributed by atoms with Gasteiger partial charge in [-0.3, -0.25) is 0 Å². The molecule has 0 bridgehead atoms. The Labute approximate surface area is 268 Å². The molecule has 0 saturated carbocycles. The first kappa shape index (κ1) is 45.2. The quantitative estimate of drug-likeness (QED) is 0.0556. The molecule has 0 aliphatic rings. The Kier molecular flexibility index (Phi) is 48.7. The summed E-state index contributed by atoms with van der Waals surface area (Å²) in [5.74, 6) is -1.86. The summed E-state index contributed by atoms with van der Waals surface area (Å²) in [7, 11) is 0. The van der Waals surface area contributed by atoms with Crippen LogP contribution >= 0.6 is 0 Å². The summed E-state index contributed by atoms with van der Waals surface area (Å²) in [4.78, 5) is 19.5. The van der Waals surface area contributed by atoms with E-state index in [0.717, 1.165) is 38.5 Å². The maximum absolute atomic E-state index is 9.76. The molecule has 0 aromatic rings. The molecule has 0 fully saturated rings. The molecule has 0 heterocycles. The van der Waals surface area contributed by atoms with Crippen molar-refractivity contribution in [3.05, 3.63) is 0 Å². The molecule has 0 saturated heterocycles. The molecule has 4 nitrogen and oxygen atoms in total. The van der Waals surface area contributed by atoms with Gasteiger partial charge in [0.2, 0.25) is 0 Å². The fourth-order valence-corrected chi connectivity index (χ4v) is 8.21. The van der Waals surface area contributed by atoms with Gasteiger partial charge in [0.1, 0.15) is 0 Å². The van der Waals surface area contributed by atoms with E-state index >= 15 is 0 Å². The second kappa shape index (κ2) is 44.2. The predicted octanol–water partition coefficient (Wildman–Crippen LogP) is 10.0. The van der Waals surface area contributed by atoms with E-state index in [9.17, 15) is 19.8 Å². The molecule has 0 spiro atoms. The first-order valence-corrected chi connectivity index (χ1v) is 22.1. The van der Waals surface area contributed by atoms with E-state index in [2.05, 4.69) is 13.8 Å². The van der Waals surface area contributed by atoms with Crippen LogP contribution in [0.1, 0.15) is 207 Å². The maximum atomic E-state index is 9.76. The number of rotatable bonds is 30. The van der Waals surface area contributed by atoms with Crippen LogP contribution in [-0.4, -0.2) is 33.1 Å². The molecule has 0 aromatic carbocycles. The first-order chi connectivity index (χ1) is 20.0. The molecule has 0 aliphatic carbocycles. The van der Waals surface area contributed by atoms with Gasteiger partial charge in [0, 0.05) is 11.9 Å². The van der Waals surface area contributed by atoms with Crippen molar-refractivity contribution in [2.45, 2.75) is 216 Å². The van der Waals surface area contributed by atoms with Gasteiger partial charge in [0.25, 0.3) is 0 Å². The van der Waals surface area contributed by atoms with Gasteiger partial charge in [0.15, 0.2) is 0 Å². The average molecular weight is 688 g/mol. The fraction of sp³-hybridized carbons (Fsp3) is 0.944. The number of hydrogen-bond acceptors (Lipinski definition) is 4. The van der Waals surface area contributed by atoms with Crippen LogP contribution in [0.5, 0.6) is 0 Å². The van der Waals surface area contributed by atoms with Crippen LogP contribution < -0.4 is 10.2 Å². The zero-order valence-corrected chi connectivity index (χ0v) is 31.2. The van der Waals surface area contributed by atoms with Crippen LogP contribution in [0.25, 0.3) is 0 Å². The van der Waals surface area contributed by atoms with Gasteiger partial charge < -0.3 is 19.8 Å². The third-order valence-corrected chi connectivity index (χ3v) is 11.4. The summed E-state index contributed by atoms with van der Waals surface area (Å²) in [6.45, 7) is 8.69. The van der Waals surface area contributed by atoms with Crippen molar-refractivity contribution < 1.29 is 19.8 Å². The fourth-order valence-electron chi connectivity index (χ4n) is 4.64. The van der Waals surface area contributed by atoms with E-state index in [1.807, 2.05) is 13.8 Å². The Balaban J connectivity index is -0.000000731. The van der Waals surface area contributed by atoms with E-state index in [1.54, 1.807) is 21.7 Å². The van der Waals surface area contributed by atoms with Crippen molar-refractivity contribution >= 4 is 33.1 Å². The van der Waals surface area contributed by atoms with Gasteiger partial charge in [-0.2, -0.15) is 0 Å². The molecule has 244 valence electrons. The normalized spacial score (nSPS) is 10.2. The van der Waals surface area contributed by atoms with Crippen LogP contribution in [0.4, 0.5) is 0 Å². The Morgan fingerprint density at radius 2 is 0.585 bits per heavy atom. The summed E-state index contributed by atoms with van der Waals surface area (Å²) in [5.41, 5.74) is 0. The van der Waals surface area contributed by atoms with E-state index in [0.29, 0.717) is 0 Å². The molecule has 0 aliphatic heterocycles. The zero-order chi connectivity index (χ0) is 31.1. The molecule has 0 unspecified atom stereocenters. The van der Waals surface area contributed by atoms with Crippen LogP contribution in [0.15, 0.2) is 0 Å². The van der Waals surface area contributed by atoms with Crippen LogP contribution in [0.3, 0.4) is 0 Å². The second-order valence-corrected chi connectivity index (χ2v) is 16.1. The summed E-state index contributed by atoms with van der Waals surface area (Å²) < 4.78 is 3.33. The van der Waals surface area contributed by atoms with Crippen molar-refractivity contribution in [3.63, 3.8) is 0 Å². The van der Waals surface area contributed by atoms with Crippen molar-refractivity contribution in [2.75, 3.05) is 0 Å². The summed E-state index contributed by atoms with van der Waals surface area (Å²) in [6, 6.07) is 0. The van der Waals surface area contributed by atoms with Gasteiger partial charge >= 0.3 is 172 Å². The Bertz CT molecular complexity index is 442. The van der Waals surface area contributed by atoms with Crippen LogP contribution in [0, 0.1) is 0 Å². The van der Waals surface area contributed by atoms with Gasteiger partial charge in [-0.1, -0.05) is 39.5 Å². The molecule has 0 rings (SSSR count). The summed E-state index contributed by atoms with van der Waals surface area (Å²) in [5, 5.41) is 19.5. The number of carbonyl (C=O) groups is 2. The van der Waals surface area contributed by atoms with E-state index < -0.39 is 11.9 Å². The molecular weight excluding hydrogens is 615 g/mol. The number of hydrogen-bond donors (Lipinski definition) is 0. The molecule has 41 heavy (non-hydrogen) atoms. The number of unbranched alkanes of at least 4 members (excludes halogenated alkanes) is 22. The Hall–Kier alpha value is -0.261.